The van der Waals surface area contributed by atoms with Gasteiger partial charge in [-0.25, -0.2) is 4.98 Å². The average Bonchev–Trinajstić information content (AvgIpc) is 2.66. The van der Waals surface area contributed by atoms with Gasteiger partial charge in [-0.1, -0.05) is 42.5 Å². The second-order valence-corrected chi connectivity index (χ2v) is 6.43. The Hall–Kier alpha value is -2.65. The van der Waals surface area contributed by atoms with E-state index in [-0.39, 0.29) is 17.5 Å². The highest BCUT2D eigenvalue weighted by Crippen LogP contribution is 2.38. The normalized spacial score (nSPS) is 13.6. The Morgan fingerprint density at radius 2 is 1.59 bits per heavy atom. The SMILES string of the molecule is O[C@H](CNCc1ccccc1)c1cc(C(F)(F)F)nc2c(C(F)(F)F)cccc12. The van der Waals surface area contributed by atoms with Gasteiger partial charge in [0.15, 0.2) is 0 Å². The van der Waals surface area contributed by atoms with Crippen LogP contribution in [0.15, 0.2) is 54.6 Å². The fourth-order valence-electron chi connectivity index (χ4n) is 2.98. The van der Waals surface area contributed by atoms with Gasteiger partial charge in [0.05, 0.1) is 17.2 Å². The molecule has 2 aromatic carbocycles. The number of benzene rings is 2. The predicted octanol–water partition coefficient (Wildman–Crippen LogP) is 5.10. The van der Waals surface area contributed by atoms with Crippen molar-refractivity contribution in [3.63, 3.8) is 0 Å². The molecule has 0 radical (unpaired) electrons. The molecule has 9 heteroatoms. The number of hydrogen-bond donors (Lipinski definition) is 2. The molecule has 0 saturated heterocycles. The van der Waals surface area contributed by atoms with Crippen molar-refractivity contribution < 1.29 is 31.4 Å². The first-order valence-corrected chi connectivity index (χ1v) is 8.58. The van der Waals surface area contributed by atoms with Crippen molar-refractivity contribution in [2.45, 2.75) is 25.0 Å². The summed E-state index contributed by atoms with van der Waals surface area (Å²) in [4.78, 5) is 3.21. The molecule has 0 fully saturated rings. The third kappa shape index (κ3) is 4.86. The minimum Gasteiger partial charge on any atom is -0.387 e. The van der Waals surface area contributed by atoms with E-state index in [1.165, 1.54) is 6.07 Å². The smallest absolute Gasteiger partial charge is 0.387 e. The number of aliphatic hydroxyl groups is 1. The van der Waals surface area contributed by atoms with E-state index in [0.717, 1.165) is 11.6 Å². The van der Waals surface area contributed by atoms with E-state index in [0.29, 0.717) is 18.7 Å². The molecule has 0 saturated carbocycles. The van der Waals surface area contributed by atoms with Crippen LogP contribution in [0.3, 0.4) is 0 Å². The second kappa shape index (κ2) is 8.00. The zero-order chi connectivity index (χ0) is 21.2. The van der Waals surface area contributed by atoms with E-state index < -0.39 is 35.2 Å². The first kappa shape index (κ1) is 21.1. The fourth-order valence-corrected chi connectivity index (χ4v) is 2.98. The zero-order valence-corrected chi connectivity index (χ0v) is 14.8. The number of rotatable bonds is 5. The monoisotopic (exact) mass is 414 g/mol. The van der Waals surface area contributed by atoms with Crippen LogP contribution in [-0.4, -0.2) is 16.6 Å². The van der Waals surface area contributed by atoms with Crippen LogP contribution < -0.4 is 5.32 Å². The van der Waals surface area contributed by atoms with E-state index in [4.69, 9.17) is 0 Å². The second-order valence-electron chi connectivity index (χ2n) is 6.43. The molecule has 3 rings (SSSR count). The van der Waals surface area contributed by atoms with Gasteiger partial charge in [0.1, 0.15) is 5.69 Å². The summed E-state index contributed by atoms with van der Waals surface area (Å²) < 4.78 is 79.5. The Morgan fingerprint density at radius 3 is 2.21 bits per heavy atom. The number of fused-ring (bicyclic) bond motifs is 1. The van der Waals surface area contributed by atoms with Crippen LogP contribution in [0, 0.1) is 0 Å². The molecule has 0 aliphatic carbocycles. The first-order chi connectivity index (χ1) is 13.6. The molecule has 1 aromatic heterocycles. The third-order valence-electron chi connectivity index (χ3n) is 4.34. The standard InChI is InChI=1S/C20H16F6N2O/c21-19(22,23)15-8-4-7-13-14(9-17(20(24,25)26)28-18(13)15)16(29)11-27-10-12-5-2-1-3-6-12/h1-9,16,27,29H,10-11H2/t16-/m1/s1. The molecule has 1 atom stereocenters. The number of nitrogens with one attached hydrogen (secondary N) is 1. The minimum absolute atomic E-state index is 0.151. The molecular formula is C20H16F6N2O. The van der Waals surface area contributed by atoms with Gasteiger partial charge in [0, 0.05) is 18.5 Å². The highest BCUT2D eigenvalue weighted by atomic mass is 19.4. The lowest BCUT2D eigenvalue weighted by Crippen LogP contribution is -2.22. The van der Waals surface area contributed by atoms with Crippen LogP contribution in [0.5, 0.6) is 0 Å². The number of hydrogen-bond acceptors (Lipinski definition) is 3. The van der Waals surface area contributed by atoms with Crippen molar-refractivity contribution in [2.75, 3.05) is 6.54 Å². The molecule has 0 spiro atoms. The molecule has 0 aliphatic rings. The quantitative estimate of drug-likeness (QED) is 0.572. The molecule has 29 heavy (non-hydrogen) atoms. The molecule has 0 amide bonds. The number of aliphatic hydroxyl groups excluding tert-OH is 1. The van der Waals surface area contributed by atoms with E-state index in [1.807, 2.05) is 18.2 Å². The Balaban J connectivity index is 1.99. The van der Waals surface area contributed by atoms with Gasteiger partial charge >= 0.3 is 12.4 Å². The summed E-state index contributed by atoms with van der Waals surface area (Å²) in [5.41, 5.74) is -3.00. The lowest BCUT2D eigenvalue weighted by atomic mass is 9.99. The Labute approximate surface area is 162 Å². The van der Waals surface area contributed by atoms with Crippen molar-refractivity contribution >= 4 is 10.9 Å². The van der Waals surface area contributed by atoms with E-state index in [9.17, 15) is 31.4 Å². The molecule has 0 bridgehead atoms. The maximum atomic E-state index is 13.3. The summed E-state index contributed by atoms with van der Waals surface area (Å²) in [5, 5.41) is 13.2. The largest absolute Gasteiger partial charge is 0.433 e. The van der Waals surface area contributed by atoms with Crippen molar-refractivity contribution in [1.29, 1.82) is 0 Å². The summed E-state index contributed by atoms with van der Waals surface area (Å²) in [6.07, 6.45) is -11.3. The van der Waals surface area contributed by atoms with E-state index in [2.05, 4.69) is 10.3 Å². The van der Waals surface area contributed by atoms with Gasteiger partial charge in [-0.05, 0) is 23.3 Å². The summed E-state index contributed by atoms with van der Waals surface area (Å²) in [5.74, 6) is 0. The van der Waals surface area contributed by atoms with Crippen LogP contribution in [0.2, 0.25) is 0 Å². The summed E-state index contributed by atoms with van der Waals surface area (Å²) in [7, 11) is 0. The van der Waals surface area contributed by atoms with Crippen molar-refractivity contribution in [1.82, 2.24) is 10.3 Å². The number of aromatic nitrogens is 1. The molecule has 154 valence electrons. The zero-order valence-electron chi connectivity index (χ0n) is 14.8. The number of para-hydroxylation sites is 1. The summed E-state index contributed by atoms with van der Waals surface area (Å²) in [6, 6.07) is 12.6. The molecule has 1 heterocycles. The van der Waals surface area contributed by atoms with Gasteiger partial charge in [-0.2, -0.15) is 26.3 Å². The van der Waals surface area contributed by atoms with E-state index >= 15 is 0 Å². The maximum absolute atomic E-state index is 13.3. The van der Waals surface area contributed by atoms with Gasteiger partial charge in [-0.3, -0.25) is 0 Å². The van der Waals surface area contributed by atoms with E-state index in [1.54, 1.807) is 12.1 Å². The van der Waals surface area contributed by atoms with Crippen LogP contribution in [0.25, 0.3) is 10.9 Å². The Bertz CT molecular complexity index is 986. The molecule has 3 nitrogen and oxygen atoms in total. The maximum Gasteiger partial charge on any atom is 0.433 e. The van der Waals surface area contributed by atoms with Gasteiger partial charge in [0.2, 0.25) is 0 Å². The van der Waals surface area contributed by atoms with Crippen molar-refractivity contribution in [3.05, 3.63) is 77.0 Å². The topological polar surface area (TPSA) is 45.1 Å². The molecule has 0 aliphatic heterocycles. The summed E-state index contributed by atoms with van der Waals surface area (Å²) >= 11 is 0. The molecule has 0 unspecified atom stereocenters. The lowest BCUT2D eigenvalue weighted by molar-refractivity contribution is -0.142. The van der Waals surface area contributed by atoms with Crippen molar-refractivity contribution in [2.24, 2.45) is 0 Å². The van der Waals surface area contributed by atoms with Crippen LogP contribution in [0.1, 0.15) is 28.5 Å². The van der Waals surface area contributed by atoms with Gasteiger partial charge in [0.25, 0.3) is 0 Å². The number of pyridine rings is 1. The number of nitrogens with zero attached hydrogens (tertiary/aromatic N) is 1. The first-order valence-electron chi connectivity index (χ1n) is 8.58. The average molecular weight is 414 g/mol. The minimum atomic E-state index is -4.96. The summed E-state index contributed by atoms with van der Waals surface area (Å²) in [6.45, 7) is 0.183. The van der Waals surface area contributed by atoms with Crippen LogP contribution >= 0.6 is 0 Å². The van der Waals surface area contributed by atoms with Crippen LogP contribution in [-0.2, 0) is 18.9 Å². The number of halogens is 6. The molecular weight excluding hydrogens is 398 g/mol. The fraction of sp³-hybridized carbons (Fsp3) is 0.250. The predicted molar refractivity (Wildman–Crippen MR) is 94.9 cm³/mol. The lowest BCUT2D eigenvalue weighted by Gasteiger charge is -2.19. The molecule has 3 aromatic rings. The Morgan fingerprint density at radius 1 is 0.897 bits per heavy atom. The van der Waals surface area contributed by atoms with Gasteiger partial charge < -0.3 is 10.4 Å². The van der Waals surface area contributed by atoms with Crippen molar-refractivity contribution in [3.8, 4) is 0 Å². The Kier molecular flexibility index (Phi) is 5.81. The van der Waals surface area contributed by atoms with Crippen LogP contribution in [0.4, 0.5) is 26.3 Å². The number of alkyl halides is 6. The molecule has 2 N–H and O–H groups in total. The highest BCUT2D eigenvalue weighted by molar-refractivity contribution is 5.86. The van der Waals surface area contributed by atoms with Gasteiger partial charge in [-0.15, -0.1) is 0 Å². The highest BCUT2D eigenvalue weighted by Gasteiger charge is 2.37. The third-order valence-corrected chi connectivity index (χ3v) is 4.34.